The molecule has 0 aliphatic heterocycles. The van der Waals surface area contributed by atoms with Crippen molar-refractivity contribution in [2.75, 3.05) is 0 Å². The van der Waals surface area contributed by atoms with E-state index in [4.69, 9.17) is 23.2 Å². The number of halogens is 2. The normalized spacial score (nSPS) is 10.9. The minimum absolute atomic E-state index is 0.0783. The SMILES string of the molecule is O=C(Sc1ccc(Cl)cc1Cl)c1cc2ccccc2[nH]1. The van der Waals surface area contributed by atoms with E-state index in [-0.39, 0.29) is 5.12 Å². The largest absolute Gasteiger partial charge is 0.351 e. The van der Waals surface area contributed by atoms with Crippen molar-refractivity contribution in [1.29, 1.82) is 0 Å². The Morgan fingerprint density at radius 1 is 1.05 bits per heavy atom. The van der Waals surface area contributed by atoms with E-state index in [0.717, 1.165) is 22.7 Å². The summed E-state index contributed by atoms with van der Waals surface area (Å²) in [5, 5.41) is 1.97. The van der Waals surface area contributed by atoms with Crippen molar-refractivity contribution in [1.82, 2.24) is 4.98 Å². The van der Waals surface area contributed by atoms with Gasteiger partial charge in [0.15, 0.2) is 0 Å². The van der Waals surface area contributed by atoms with Crippen molar-refractivity contribution in [3.63, 3.8) is 0 Å². The summed E-state index contributed by atoms with van der Waals surface area (Å²) in [6.07, 6.45) is 0. The zero-order valence-corrected chi connectivity index (χ0v) is 12.5. The fourth-order valence-corrected chi connectivity index (χ4v) is 3.13. The maximum absolute atomic E-state index is 12.3. The van der Waals surface area contributed by atoms with Gasteiger partial charge in [-0.25, -0.2) is 0 Å². The molecule has 2 aromatic carbocycles. The molecule has 0 atom stereocenters. The lowest BCUT2D eigenvalue weighted by Gasteiger charge is -2.02. The number of carbonyl (C=O) groups excluding carboxylic acids is 1. The van der Waals surface area contributed by atoms with Crippen LogP contribution in [0.3, 0.4) is 0 Å². The Morgan fingerprint density at radius 3 is 2.60 bits per heavy atom. The van der Waals surface area contributed by atoms with Crippen LogP contribution in [-0.4, -0.2) is 10.1 Å². The smallest absolute Gasteiger partial charge is 0.240 e. The molecule has 20 heavy (non-hydrogen) atoms. The topological polar surface area (TPSA) is 32.9 Å². The number of aromatic nitrogens is 1. The minimum atomic E-state index is -0.0783. The molecular formula is C15H9Cl2NOS. The summed E-state index contributed by atoms with van der Waals surface area (Å²) >= 11 is 13.0. The highest BCUT2D eigenvalue weighted by Crippen LogP contribution is 2.32. The van der Waals surface area contributed by atoms with E-state index in [0.29, 0.717) is 20.6 Å². The Morgan fingerprint density at radius 2 is 1.85 bits per heavy atom. The number of nitrogens with one attached hydrogen (secondary N) is 1. The van der Waals surface area contributed by atoms with Gasteiger partial charge in [0.05, 0.1) is 10.7 Å². The summed E-state index contributed by atoms with van der Waals surface area (Å²) in [5.74, 6) is 0. The van der Waals surface area contributed by atoms with E-state index in [1.54, 1.807) is 18.2 Å². The Kier molecular flexibility index (Phi) is 3.74. The standard InChI is InChI=1S/C15H9Cl2NOS/c16-10-5-6-14(11(17)8-10)20-15(19)13-7-9-3-1-2-4-12(9)18-13/h1-8,18H. The van der Waals surface area contributed by atoms with Crippen molar-refractivity contribution in [3.05, 3.63) is 64.3 Å². The molecule has 3 rings (SSSR count). The molecule has 0 radical (unpaired) electrons. The third-order valence-electron chi connectivity index (χ3n) is 2.85. The average Bonchev–Trinajstić information content (AvgIpc) is 2.86. The van der Waals surface area contributed by atoms with Gasteiger partial charge < -0.3 is 4.98 Å². The highest BCUT2D eigenvalue weighted by Gasteiger charge is 2.13. The third-order valence-corrected chi connectivity index (χ3v) is 4.49. The third kappa shape index (κ3) is 2.70. The van der Waals surface area contributed by atoms with Gasteiger partial charge in [-0.2, -0.15) is 0 Å². The van der Waals surface area contributed by atoms with Gasteiger partial charge >= 0.3 is 0 Å². The number of H-pyrrole nitrogens is 1. The summed E-state index contributed by atoms with van der Waals surface area (Å²) < 4.78 is 0. The number of fused-ring (bicyclic) bond motifs is 1. The molecule has 0 unspecified atom stereocenters. The number of hydrogen-bond acceptors (Lipinski definition) is 2. The van der Waals surface area contributed by atoms with E-state index in [9.17, 15) is 4.79 Å². The van der Waals surface area contributed by atoms with Crippen LogP contribution in [0.2, 0.25) is 10.0 Å². The van der Waals surface area contributed by atoms with E-state index < -0.39 is 0 Å². The summed E-state index contributed by atoms with van der Waals surface area (Å²) in [6, 6.07) is 14.7. The molecule has 2 nitrogen and oxygen atoms in total. The van der Waals surface area contributed by atoms with E-state index >= 15 is 0 Å². The number of carbonyl (C=O) groups is 1. The van der Waals surface area contributed by atoms with Crippen molar-refractivity contribution in [2.45, 2.75) is 4.90 Å². The summed E-state index contributed by atoms with van der Waals surface area (Å²) in [5.41, 5.74) is 1.50. The number of hydrogen-bond donors (Lipinski definition) is 1. The highest BCUT2D eigenvalue weighted by atomic mass is 35.5. The summed E-state index contributed by atoms with van der Waals surface area (Å²) in [4.78, 5) is 16.1. The Labute approximate surface area is 130 Å². The zero-order valence-electron chi connectivity index (χ0n) is 10.2. The van der Waals surface area contributed by atoms with Crippen LogP contribution in [0.1, 0.15) is 10.5 Å². The van der Waals surface area contributed by atoms with Crippen molar-refractivity contribution in [2.24, 2.45) is 0 Å². The highest BCUT2D eigenvalue weighted by molar-refractivity contribution is 8.14. The van der Waals surface area contributed by atoms with Crippen molar-refractivity contribution >= 4 is 51.0 Å². The monoisotopic (exact) mass is 321 g/mol. The molecule has 0 aliphatic rings. The molecule has 1 heterocycles. The molecule has 100 valence electrons. The number of aromatic amines is 1. The fourth-order valence-electron chi connectivity index (χ4n) is 1.90. The van der Waals surface area contributed by atoms with Crippen LogP contribution in [0.4, 0.5) is 0 Å². The molecule has 3 aromatic rings. The molecule has 1 N–H and O–H groups in total. The van der Waals surface area contributed by atoms with Gasteiger partial charge in [-0.3, -0.25) is 4.79 Å². The molecule has 0 bridgehead atoms. The lowest BCUT2D eigenvalue weighted by atomic mass is 10.2. The van der Waals surface area contributed by atoms with Gasteiger partial charge in [0, 0.05) is 20.8 Å². The maximum atomic E-state index is 12.3. The first-order valence-electron chi connectivity index (χ1n) is 5.88. The van der Waals surface area contributed by atoms with E-state index in [1.165, 1.54) is 0 Å². The van der Waals surface area contributed by atoms with Crippen LogP contribution in [0, 0.1) is 0 Å². The van der Waals surface area contributed by atoms with Gasteiger partial charge in [-0.05, 0) is 42.1 Å². The number of para-hydroxylation sites is 1. The first-order chi connectivity index (χ1) is 9.63. The number of benzene rings is 2. The first kappa shape index (κ1) is 13.6. The lowest BCUT2D eigenvalue weighted by molar-refractivity contribution is 0.108. The summed E-state index contributed by atoms with van der Waals surface area (Å²) in [7, 11) is 0. The number of thioether (sulfide) groups is 1. The van der Waals surface area contributed by atoms with Crippen LogP contribution in [0.5, 0.6) is 0 Å². The Hall–Kier alpha value is -1.42. The zero-order chi connectivity index (χ0) is 14.1. The Bertz CT molecular complexity index is 764. The molecule has 5 heteroatoms. The van der Waals surface area contributed by atoms with Crippen LogP contribution in [-0.2, 0) is 0 Å². The molecule has 0 spiro atoms. The van der Waals surface area contributed by atoms with Crippen LogP contribution >= 0.6 is 35.0 Å². The van der Waals surface area contributed by atoms with Gasteiger partial charge in [0.2, 0.25) is 5.12 Å². The predicted octanol–water partition coefficient (Wildman–Crippen LogP) is 5.41. The van der Waals surface area contributed by atoms with Crippen LogP contribution in [0.25, 0.3) is 10.9 Å². The lowest BCUT2D eigenvalue weighted by Crippen LogP contribution is -1.93. The Balaban J connectivity index is 1.89. The van der Waals surface area contributed by atoms with Gasteiger partial charge in [0.25, 0.3) is 0 Å². The minimum Gasteiger partial charge on any atom is -0.351 e. The first-order valence-corrected chi connectivity index (χ1v) is 7.46. The van der Waals surface area contributed by atoms with Crippen LogP contribution < -0.4 is 0 Å². The van der Waals surface area contributed by atoms with Gasteiger partial charge in [0.1, 0.15) is 0 Å². The van der Waals surface area contributed by atoms with Crippen molar-refractivity contribution < 1.29 is 4.79 Å². The molecule has 0 saturated heterocycles. The number of rotatable bonds is 2. The van der Waals surface area contributed by atoms with Gasteiger partial charge in [-0.1, -0.05) is 41.4 Å². The summed E-state index contributed by atoms with van der Waals surface area (Å²) in [6.45, 7) is 0. The molecule has 0 saturated carbocycles. The second-order valence-corrected chi connectivity index (χ2v) is 6.09. The average molecular weight is 322 g/mol. The second kappa shape index (κ2) is 5.52. The molecular weight excluding hydrogens is 313 g/mol. The molecule has 0 amide bonds. The second-order valence-electron chi connectivity index (χ2n) is 4.23. The van der Waals surface area contributed by atoms with Gasteiger partial charge in [-0.15, -0.1) is 0 Å². The molecule has 0 fully saturated rings. The fraction of sp³-hybridized carbons (Fsp3) is 0. The molecule has 0 aliphatic carbocycles. The quantitative estimate of drug-likeness (QED) is 0.640. The molecule has 1 aromatic heterocycles. The van der Waals surface area contributed by atoms with E-state index in [2.05, 4.69) is 4.98 Å². The van der Waals surface area contributed by atoms with Crippen molar-refractivity contribution in [3.8, 4) is 0 Å². The maximum Gasteiger partial charge on any atom is 0.240 e. The predicted molar refractivity (Wildman–Crippen MR) is 84.9 cm³/mol. The van der Waals surface area contributed by atoms with Crippen LogP contribution in [0.15, 0.2) is 53.4 Å². The van der Waals surface area contributed by atoms with E-state index in [1.807, 2.05) is 30.3 Å².